The summed E-state index contributed by atoms with van der Waals surface area (Å²) in [7, 11) is 1.64. The molecular weight excluding hydrogens is 188 g/mol. The zero-order valence-corrected chi connectivity index (χ0v) is 9.71. The highest BCUT2D eigenvalue weighted by Crippen LogP contribution is 2.25. The lowest BCUT2D eigenvalue weighted by Crippen LogP contribution is -2.17. The average molecular weight is 208 g/mol. The summed E-state index contributed by atoms with van der Waals surface area (Å²) < 4.78 is 5.10. The predicted molar refractivity (Wildman–Crippen MR) is 65.4 cm³/mol. The molecule has 1 rings (SSSR count). The Labute approximate surface area is 91.6 Å². The van der Waals surface area contributed by atoms with Crippen LogP contribution >= 0.6 is 0 Å². The molecular formula is C12H20N2O. The van der Waals surface area contributed by atoms with Gasteiger partial charge in [0.1, 0.15) is 5.75 Å². The lowest BCUT2D eigenvalue weighted by atomic mass is 10.1. The molecule has 1 aromatic rings. The number of nitrogens with two attached hydrogens (primary N) is 1. The summed E-state index contributed by atoms with van der Waals surface area (Å²) >= 11 is 0. The second kappa shape index (κ2) is 5.49. The van der Waals surface area contributed by atoms with Gasteiger partial charge in [-0.3, -0.25) is 0 Å². The van der Waals surface area contributed by atoms with E-state index < -0.39 is 0 Å². The van der Waals surface area contributed by atoms with Gasteiger partial charge in [-0.05, 0) is 25.0 Å². The van der Waals surface area contributed by atoms with Crippen LogP contribution in [0.4, 0.5) is 11.4 Å². The molecule has 0 unspecified atom stereocenters. The normalized spacial score (nSPS) is 10.4. The van der Waals surface area contributed by atoms with Crippen molar-refractivity contribution in [2.75, 3.05) is 18.2 Å². The molecule has 0 heterocycles. The zero-order chi connectivity index (χ0) is 11.3. The van der Waals surface area contributed by atoms with Gasteiger partial charge >= 0.3 is 0 Å². The highest BCUT2D eigenvalue weighted by atomic mass is 16.5. The summed E-state index contributed by atoms with van der Waals surface area (Å²) in [5, 5.41) is 3.42. The summed E-state index contributed by atoms with van der Waals surface area (Å²) in [6, 6.07) is 6.21. The van der Waals surface area contributed by atoms with Crippen LogP contribution in [-0.4, -0.2) is 13.2 Å². The topological polar surface area (TPSA) is 47.3 Å². The molecule has 0 amide bonds. The molecule has 0 radical (unpaired) electrons. The summed E-state index contributed by atoms with van der Waals surface area (Å²) in [5.41, 5.74) is 7.64. The van der Waals surface area contributed by atoms with Crippen LogP contribution in [0, 0.1) is 0 Å². The fraction of sp³-hybridized carbons (Fsp3) is 0.500. The van der Waals surface area contributed by atoms with Crippen LogP contribution < -0.4 is 15.8 Å². The Balaban J connectivity index is 2.77. The SMILES string of the molecule is CCC(CC)Nc1ccc(OC)cc1N. The molecule has 0 aliphatic heterocycles. The minimum absolute atomic E-state index is 0.487. The summed E-state index contributed by atoms with van der Waals surface area (Å²) in [6.45, 7) is 4.34. The molecule has 15 heavy (non-hydrogen) atoms. The van der Waals surface area contributed by atoms with Crippen molar-refractivity contribution in [2.24, 2.45) is 0 Å². The first kappa shape index (κ1) is 11.7. The smallest absolute Gasteiger partial charge is 0.121 e. The molecule has 84 valence electrons. The Morgan fingerprint density at radius 1 is 1.33 bits per heavy atom. The summed E-state index contributed by atoms with van der Waals surface area (Å²) in [5.74, 6) is 0.794. The van der Waals surface area contributed by atoms with Gasteiger partial charge in [0.25, 0.3) is 0 Å². The average Bonchev–Trinajstić information content (AvgIpc) is 2.27. The van der Waals surface area contributed by atoms with Gasteiger partial charge < -0.3 is 15.8 Å². The van der Waals surface area contributed by atoms with Crippen molar-refractivity contribution in [3.8, 4) is 5.75 Å². The van der Waals surface area contributed by atoms with Crippen LogP contribution in [0.1, 0.15) is 26.7 Å². The molecule has 3 N–H and O–H groups in total. The quantitative estimate of drug-likeness (QED) is 0.731. The first-order chi connectivity index (χ1) is 7.21. The number of hydrogen-bond donors (Lipinski definition) is 2. The van der Waals surface area contributed by atoms with Crippen molar-refractivity contribution in [2.45, 2.75) is 32.7 Å². The van der Waals surface area contributed by atoms with E-state index in [1.54, 1.807) is 7.11 Å². The first-order valence-electron chi connectivity index (χ1n) is 5.41. The van der Waals surface area contributed by atoms with Crippen LogP contribution in [-0.2, 0) is 0 Å². The third-order valence-electron chi connectivity index (χ3n) is 2.60. The number of methoxy groups -OCH3 is 1. The van der Waals surface area contributed by atoms with Crippen molar-refractivity contribution in [3.05, 3.63) is 18.2 Å². The maximum atomic E-state index is 5.91. The van der Waals surface area contributed by atoms with E-state index in [1.165, 1.54) is 0 Å². The van der Waals surface area contributed by atoms with Crippen molar-refractivity contribution in [1.82, 2.24) is 0 Å². The molecule has 0 bridgehead atoms. The summed E-state index contributed by atoms with van der Waals surface area (Å²) in [4.78, 5) is 0. The lowest BCUT2D eigenvalue weighted by molar-refractivity contribution is 0.415. The molecule has 0 saturated heterocycles. The second-order valence-electron chi connectivity index (χ2n) is 3.61. The maximum Gasteiger partial charge on any atom is 0.121 e. The largest absolute Gasteiger partial charge is 0.497 e. The van der Waals surface area contributed by atoms with Gasteiger partial charge in [-0.2, -0.15) is 0 Å². The predicted octanol–water partition coefficient (Wildman–Crippen LogP) is 2.88. The van der Waals surface area contributed by atoms with E-state index in [1.807, 2.05) is 18.2 Å². The van der Waals surface area contributed by atoms with Gasteiger partial charge in [0.2, 0.25) is 0 Å². The van der Waals surface area contributed by atoms with E-state index in [4.69, 9.17) is 10.5 Å². The Bertz CT molecular complexity index is 308. The Kier molecular flexibility index (Phi) is 4.28. The Morgan fingerprint density at radius 2 is 2.00 bits per heavy atom. The highest BCUT2D eigenvalue weighted by Gasteiger charge is 2.06. The summed E-state index contributed by atoms with van der Waals surface area (Å²) in [6.07, 6.45) is 2.20. The maximum absolute atomic E-state index is 5.91. The minimum atomic E-state index is 0.487. The number of hydrogen-bond acceptors (Lipinski definition) is 3. The van der Waals surface area contributed by atoms with Crippen LogP contribution in [0.15, 0.2) is 18.2 Å². The third kappa shape index (κ3) is 3.05. The van der Waals surface area contributed by atoms with Crippen molar-refractivity contribution in [3.63, 3.8) is 0 Å². The number of ether oxygens (including phenoxy) is 1. The molecule has 1 aromatic carbocycles. The Hall–Kier alpha value is -1.38. The van der Waals surface area contributed by atoms with Gasteiger partial charge in [-0.15, -0.1) is 0 Å². The van der Waals surface area contributed by atoms with Gasteiger partial charge in [0, 0.05) is 12.1 Å². The molecule has 0 aliphatic rings. The number of nitrogens with one attached hydrogen (secondary N) is 1. The number of benzene rings is 1. The number of nitrogen functional groups attached to an aromatic ring is 1. The molecule has 0 fully saturated rings. The van der Waals surface area contributed by atoms with E-state index in [0.717, 1.165) is 30.0 Å². The van der Waals surface area contributed by atoms with Gasteiger partial charge in [-0.1, -0.05) is 13.8 Å². The fourth-order valence-corrected chi connectivity index (χ4v) is 1.51. The van der Waals surface area contributed by atoms with Crippen LogP contribution in [0.5, 0.6) is 5.75 Å². The number of anilines is 2. The van der Waals surface area contributed by atoms with E-state index >= 15 is 0 Å². The van der Waals surface area contributed by atoms with Crippen LogP contribution in [0.2, 0.25) is 0 Å². The molecule has 0 atom stereocenters. The van der Waals surface area contributed by atoms with E-state index in [-0.39, 0.29) is 0 Å². The molecule has 0 saturated carbocycles. The standard InChI is InChI=1S/C12H20N2O/c1-4-9(5-2)14-12-7-6-10(15-3)8-11(12)13/h6-9,14H,4-5,13H2,1-3H3. The monoisotopic (exact) mass is 208 g/mol. The van der Waals surface area contributed by atoms with Crippen molar-refractivity contribution >= 4 is 11.4 Å². The Morgan fingerprint density at radius 3 is 2.47 bits per heavy atom. The highest BCUT2D eigenvalue weighted by molar-refractivity contribution is 5.68. The number of rotatable bonds is 5. The zero-order valence-electron chi connectivity index (χ0n) is 9.71. The third-order valence-corrected chi connectivity index (χ3v) is 2.60. The molecule has 0 aromatic heterocycles. The van der Waals surface area contributed by atoms with Gasteiger partial charge in [-0.25, -0.2) is 0 Å². The van der Waals surface area contributed by atoms with E-state index in [0.29, 0.717) is 6.04 Å². The van der Waals surface area contributed by atoms with Gasteiger partial charge in [0.05, 0.1) is 18.5 Å². The lowest BCUT2D eigenvalue weighted by Gasteiger charge is -2.18. The molecule has 0 aliphatic carbocycles. The fourth-order valence-electron chi connectivity index (χ4n) is 1.51. The minimum Gasteiger partial charge on any atom is -0.497 e. The second-order valence-corrected chi connectivity index (χ2v) is 3.61. The van der Waals surface area contributed by atoms with Crippen molar-refractivity contribution in [1.29, 1.82) is 0 Å². The molecule has 0 spiro atoms. The van der Waals surface area contributed by atoms with E-state index in [2.05, 4.69) is 19.2 Å². The van der Waals surface area contributed by atoms with Crippen LogP contribution in [0.3, 0.4) is 0 Å². The first-order valence-corrected chi connectivity index (χ1v) is 5.41. The van der Waals surface area contributed by atoms with Crippen LogP contribution in [0.25, 0.3) is 0 Å². The molecule has 3 heteroatoms. The van der Waals surface area contributed by atoms with Crippen molar-refractivity contribution < 1.29 is 4.74 Å². The molecule has 3 nitrogen and oxygen atoms in total. The van der Waals surface area contributed by atoms with E-state index in [9.17, 15) is 0 Å². The van der Waals surface area contributed by atoms with Gasteiger partial charge in [0.15, 0.2) is 0 Å².